The average molecular weight is 311 g/mol. The molecular formula is C8H5BrClNO3S. The molecule has 0 amide bonds. The molecule has 1 aromatic rings. The molecule has 7 heteroatoms. The third-order valence-corrected chi connectivity index (χ3v) is 3.90. The second-order valence-corrected chi connectivity index (χ2v) is 5.89. The van der Waals surface area contributed by atoms with Crippen molar-refractivity contribution in [2.45, 2.75) is 4.90 Å². The number of halogens is 2. The molecule has 0 radical (unpaired) electrons. The highest BCUT2D eigenvalue weighted by Crippen LogP contribution is 2.32. The van der Waals surface area contributed by atoms with E-state index in [0.29, 0.717) is 5.75 Å². The lowest BCUT2D eigenvalue weighted by atomic mass is 10.2. The van der Waals surface area contributed by atoms with Crippen LogP contribution in [0.25, 0.3) is 0 Å². The lowest BCUT2D eigenvalue weighted by molar-refractivity contribution is 0.414. The third-order valence-electron chi connectivity index (χ3n) is 1.62. The van der Waals surface area contributed by atoms with Crippen molar-refractivity contribution in [3.63, 3.8) is 0 Å². The van der Waals surface area contributed by atoms with Gasteiger partial charge in [-0.15, -0.1) is 0 Å². The van der Waals surface area contributed by atoms with Gasteiger partial charge in [0.25, 0.3) is 9.05 Å². The van der Waals surface area contributed by atoms with E-state index in [1.165, 1.54) is 19.2 Å². The fraction of sp³-hybridized carbons (Fsp3) is 0.125. The van der Waals surface area contributed by atoms with Crippen molar-refractivity contribution < 1.29 is 13.2 Å². The van der Waals surface area contributed by atoms with Crippen LogP contribution in [0.2, 0.25) is 0 Å². The van der Waals surface area contributed by atoms with Crippen molar-refractivity contribution in [3.05, 3.63) is 22.2 Å². The summed E-state index contributed by atoms with van der Waals surface area (Å²) < 4.78 is 27.4. The summed E-state index contributed by atoms with van der Waals surface area (Å²) in [5.41, 5.74) is -0.0591. The first-order chi connectivity index (χ1) is 6.90. The minimum atomic E-state index is -3.95. The van der Waals surface area contributed by atoms with E-state index < -0.39 is 9.05 Å². The molecule has 0 aromatic heterocycles. The Labute approximate surface area is 100.0 Å². The van der Waals surface area contributed by atoms with Crippen molar-refractivity contribution in [2.75, 3.05) is 7.11 Å². The molecule has 0 fully saturated rings. The minimum Gasteiger partial charge on any atom is -0.497 e. The van der Waals surface area contributed by atoms with E-state index in [1.54, 1.807) is 6.07 Å². The van der Waals surface area contributed by atoms with Crippen molar-refractivity contribution in [1.82, 2.24) is 0 Å². The quantitative estimate of drug-likeness (QED) is 0.786. The van der Waals surface area contributed by atoms with Crippen LogP contribution in [0, 0.1) is 11.3 Å². The summed E-state index contributed by atoms with van der Waals surface area (Å²) in [6.07, 6.45) is 0. The number of hydrogen-bond acceptors (Lipinski definition) is 4. The van der Waals surface area contributed by atoms with Gasteiger partial charge >= 0.3 is 0 Å². The van der Waals surface area contributed by atoms with Gasteiger partial charge in [-0.1, -0.05) is 0 Å². The van der Waals surface area contributed by atoms with Crippen LogP contribution in [0.3, 0.4) is 0 Å². The van der Waals surface area contributed by atoms with Crippen LogP contribution in [0.1, 0.15) is 5.56 Å². The molecule has 0 bridgehead atoms. The molecule has 0 unspecified atom stereocenters. The van der Waals surface area contributed by atoms with Crippen LogP contribution in [0.5, 0.6) is 5.75 Å². The van der Waals surface area contributed by atoms with Crippen LogP contribution in [0.4, 0.5) is 0 Å². The van der Waals surface area contributed by atoms with Gasteiger partial charge in [-0.25, -0.2) is 8.42 Å². The van der Waals surface area contributed by atoms with Gasteiger partial charge in [0.2, 0.25) is 0 Å². The summed E-state index contributed by atoms with van der Waals surface area (Å²) in [5, 5.41) is 8.78. The molecule has 0 aliphatic carbocycles. The standard InChI is InChI=1S/C8H5BrClNO3S/c1-14-6-2-5(4-11)8(7(9)3-6)15(10,12)13/h2-3H,1H3. The molecule has 15 heavy (non-hydrogen) atoms. The fourth-order valence-electron chi connectivity index (χ4n) is 1.02. The minimum absolute atomic E-state index is 0.0591. The molecule has 0 N–H and O–H groups in total. The highest BCUT2D eigenvalue weighted by atomic mass is 79.9. The first-order valence-electron chi connectivity index (χ1n) is 3.62. The Morgan fingerprint density at radius 2 is 2.13 bits per heavy atom. The Bertz CT molecular complexity index is 536. The number of hydrogen-bond donors (Lipinski definition) is 0. The molecule has 0 spiro atoms. The lowest BCUT2D eigenvalue weighted by Gasteiger charge is -2.06. The number of methoxy groups -OCH3 is 1. The predicted octanol–water partition coefficient (Wildman–Crippen LogP) is 2.26. The molecular weight excluding hydrogens is 306 g/mol. The van der Waals surface area contributed by atoms with Gasteiger partial charge in [0, 0.05) is 15.2 Å². The predicted molar refractivity (Wildman–Crippen MR) is 58.4 cm³/mol. The Kier molecular flexibility index (Phi) is 3.60. The van der Waals surface area contributed by atoms with E-state index >= 15 is 0 Å². The van der Waals surface area contributed by atoms with Gasteiger partial charge in [0.1, 0.15) is 16.7 Å². The SMILES string of the molecule is COc1cc(Br)c(S(=O)(=O)Cl)c(C#N)c1. The molecule has 0 saturated heterocycles. The highest BCUT2D eigenvalue weighted by Gasteiger charge is 2.20. The van der Waals surface area contributed by atoms with Gasteiger partial charge in [-0.05, 0) is 28.1 Å². The van der Waals surface area contributed by atoms with Crippen LogP contribution < -0.4 is 4.74 Å². The zero-order valence-electron chi connectivity index (χ0n) is 7.49. The summed E-state index contributed by atoms with van der Waals surface area (Å²) in [6, 6.07) is 4.48. The number of nitrogens with zero attached hydrogens (tertiary/aromatic N) is 1. The molecule has 1 rings (SSSR count). The summed E-state index contributed by atoms with van der Waals surface area (Å²) in [4.78, 5) is -0.243. The number of rotatable bonds is 2. The lowest BCUT2D eigenvalue weighted by Crippen LogP contribution is -1.98. The maximum atomic E-state index is 11.2. The van der Waals surface area contributed by atoms with Crippen LogP contribution in [-0.4, -0.2) is 15.5 Å². The van der Waals surface area contributed by atoms with E-state index in [-0.39, 0.29) is 14.9 Å². The Morgan fingerprint density at radius 1 is 1.53 bits per heavy atom. The number of nitriles is 1. The van der Waals surface area contributed by atoms with Crippen LogP contribution in [0.15, 0.2) is 21.5 Å². The van der Waals surface area contributed by atoms with E-state index in [2.05, 4.69) is 15.9 Å². The maximum absolute atomic E-state index is 11.2. The highest BCUT2D eigenvalue weighted by molar-refractivity contribution is 9.10. The largest absolute Gasteiger partial charge is 0.497 e. The van der Waals surface area contributed by atoms with E-state index in [0.717, 1.165) is 0 Å². The van der Waals surface area contributed by atoms with Crippen molar-refractivity contribution in [1.29, 1.82) is 5.26 Å². The maximum Gasteiger partial charge on any atom is 0.263 e. The van der Waals surface area contributed by atoms with Crippen molar-refractivity contribution in [3.8, 4) is 11.8 Å². The van der Waals surface area contributed by atoms with E-state index in [1.807, 2.05) is 0 Å². The summed E-state index contributed by atoms with van der Waals surface area (Å²) >= 11 is 3.02. The summed E-state index contributed by atoms with van der Waals surface area (Å²) in [7, 11) is 2.65. The van der Waals surface area contributed by atoms with Gasteiger partial charge < -0.3 is 4.74 Å². The Hall–Kier alpha value is -0.770. The average Bonchev–Trinajstić information content (AvgIpc) is 2.14. The second kappa shape index (κ2) is 4.39. The smallest absolute Gasteiger partial charge is 0.263 e. The topological polar surface area (TPSA) is 67.2 Å². The molecule has 0 saturated carbocycles. The summed E-state index contributed by atoms with van der Waals surface area (Å²) in [6.45, 7) is 0. The van der Waals surface area contributed by atoms with Gasteiger partial charge in [-0.2, -0.15) is 5.26 Å². The molecule has 0 aliphatic heterocycles. The van der Waals surface area contributed by atoms with E-state index in [9.17, 15) is 8.42 Å². The summed E-state index contributed by atoms with van der Waals surface area (Å²) in [5.74, 6) is 0.377. The molecule has 0 atom stereocenters. The molecule has 80 valence electrons. The molecule has 0 aliphatic rings. The van der Waals surface area contributed by atoms with E-state index in [4.69, 9.17) is 20.7 Å². The second-order valence-electron chi connectivity index (χ2n) is 2.54. The molecule has 0 heterocycles. The monoisotopic (exact) mass is 309 g/mol. The first-order valence-corrected chi connectivity index (χ1v) is 6.72. The van der Waals surface area contributed by atoms with Crippen LogP contribution in [-0.2, 0) is 9.05 Å². The third kappa shape index (κ3) is 2.62. The Morgan fingerprint density at radius 3 is 2.53 bits per heavy atom. The first kappa shape index (κ1) is 12.3. The number of ether oxygens (including phenoxy) is 1. The van der Waals surface area contributed by atoms with Crippen molar-refractivity contribution in [2.24, 2.45) is 0 Å². The van der Waals surface area contributed by atoms with Gasteiger partial charge in [0.05, 0.1) is 12.7 Å². The van der Waals surface area contributed by atoms with Gasteiger partial charge in [-0.3, -0.25) is 0 Å². The normalized spacial score (nSPS) is 10.8. The van der Waals surface area contributed by atoms with Crippen molar-refractivity contribution >= 4 is 35.7 Å². The fourth-order valence-corrected chi connectivity index (χ4v) is 3.53. The van der Waals surface area contributed by atoms with Crippen LogP contribution >= 0.6 is 26.6 Å². The zero-order chi connectivity index (χ0) is 11.6. The Balaban J connectivity index is 3.61. The molecule has 1 aromatic carbocycles. The molecule has 4 nitrogen and oxygen atoms in total. The zero-order valence-corrected chi connectivity index (χ0v) is 10.6. The number of benzene rings is 1. The van der Waals surface area contributed by atoms with Gasteiger partial charge in [0.15, 0.2) is 0 Å².